The van der Waals surface area contributed by atoms with E-state index in [1.807, 2.05) is 18.2 Å². The maximum Gasteiger partial charge on any atom is 0.238 e. The van der Waals surface area contributed by atoms with Crippen LogP contribution in [0.15, 0.2) is 241 Å². The third-order valence-corrected chi connectivity index (χ3v) is 13.6. The van der Waals surface area contributed by atoms with Crippen LogP contribution in [0.2, 0.25) is 0 Å². The number of nitrogens with zero attached hydrogens (tertiary/aromatic N) is 5. The van der Waals surface area contributed by atoms with Gasteiger partial charge in [0.25, 0.3) is 0 Å². The summed E-state index contributed by atoms with van der Waals surface area (Å²) in [6.45, 7) is 0. The first kappa shape index (κ1) is 38.8. The Balaban J connectivity index is 1.03. The minimum atomic E-state index is 0.521. The van der Waals surface area contributed by atoms with Crippen LogP contribution in [-0.4, -0.2) is 24.1 Å². The number of benzene rings is 10. The highest BCUT2D eigenvalue weighted by Gasteiger charge is 2.24. The van der Waals surface area contributed by atoms with Gasteiger partial charge in [-0.3, -0.25) is 4.57 Å². The number of rotatable bonds is 7. The Kier molecular flexibility index (Phi) is 8.79. The van der Waals surface area contributed by atoms with E-state index < -0.39 is 0 Å². The monoisotopic (exact) mass is 881 g/mol. The Morgan fingerprint density at radius 2 is 0.783 bits per heavy atom. The Morgan fingerprint density at radius 1 is 0.304 bits per heavy atom. The average Bonchev–Trinajstić information content (AvgIpc) is 4.09. The van der Waals surface area contributed by atoms with Crippen molar-refractivity contribution in [3.63, 3.8) is 0 Å². The van der Waals surface area contributed by atoms with Gasteiger partial charge in [0.05, 0.1) is 22.1 Å². The zero-order valence-electron chi connectivity index (χ0n) is 37.2. The molecule has 4 heterocycles. The van der Waals surface area contributed by atoms with Gasteiger partial charge < -0.3 is 8.98 Å². The van der Waals surface area contributed by atoms with E-state index in [2.05, 4.69) is 228 Å². The predicted octanol–water partition coefficient (Wildman–Crippen LogP) is 16.3. The maximum absolute atomic E-state index is 6.65. The fourth-order valence-electron chi connectivity index (χ4n) is 10.4. The minimum absolute atomic E-state index is 0.521. The molecule has 0 N–H and O–H groups in total. The molecule has 6 heteroatoms. The van der Waals surface area contributed by atoms with Gasteiger partial charge in [0.15, 0.2) is 11.6 Å². The molecule has 0 unspecified atom stereocenters. The summed E-state index contributed by atoms with van der Waals surface area (Å²) in [5, 5.41) is 6.65. The van der Waals surface area contributed by atoms with Crippen molar-refractivity contribution in [2.45, 2.75) is 0 Å². The van der Waals surface area contributed by atoms with Crippen LogP contribution < -0.4 is 0 Å². The molecule has 14 rings (SSSR count). The molecule has 0 saturated carbocycles. The van der Waals surface area contributed by atoms with Gasteiger partial charge in [-0.15, -0.1) is 0 Å². The Hall–Kier alpha value is -9.39. The lowest BCUT2D eigenvalue weighted by molar-refractivity contribution is 0.669. The summed E-state index contributed by atoms with van der Waals surface area (Å²) in [4.78, 5) is 16.2. The fraction of sp³-hybridized carbons (Fsp3) is 0. The number of fused-ring (bicyclic) bond motifs is 10. The van der Waals surface area contributed by atoms with E-state index >= 15 is 0 Å². The highest BCUT2D eigenvalue weighted by atomic mass is 16.3. The van der Waals surface area contributed by atoms with E-state index in [1.165, 1.54) is 16.5 Å². The molecular formula is C63H39N5O. The molecule has 69 heavy (non-hydrogen) atoms. The van der Waals surface area contributed by atoms with Gasteiger partial charge in [-0.1, -0.05) is 194 Å². The molecule has 0 fully saturated rings. The van der Waals surface area contributed by atoms with Gasteiger partial charge in [-0.25, -0.2) is 4.98 Å². The van der Waals surface area contributed by atoms with E-state index in [4.69, 9.17) is 19.4 Å². The Morgan fingerprint density at radius 3 is 1.42 bits per heavy atom. The molecule has 0 amide bonds. The van der Waals surface area contributed by atoms with E-state index in [0.29, 0.717) is 17.6 Å². The van der Waals surface area contributed by atoms with Gasteiger partial charge in [-0.05, 0) is 75.8 Å². The molecule has 0 atom stereocenters. The summed E-state index contributed by atoms with van der Waals surface area (Å²) in [5.74, 6) is 1.64. The van der Waals surface area contributed by atoms with Gasteiger partial charge in [0.2, 0.25) is 5.95 Å². The SMILES string of the molecule is c1ccc(-c2ccc(-c3nc(-c4ccc5c(c4)oc4cccc(-c6ccccc6)c45)nc(-n4c5ccccc5c5ccc6c7ccccc7n(-c7ccc(-c8ccccc8)cc7)c6c54)n3)cc2)cc1. The minimum Gasteiger partial charge on any atom is -0.456 e. The highest BCUT2D eigenvalue weighted by molar-refractivity contribution is 6.23. The average molecular weight is 882 g/mol. The molecular weight excluding hydrogens is 843 g/mol. The first-order valence-electron chi connectivity index (χ1n) is 23.3. The number of furan rings is 1. The molecule has 0 bridgehead atoms. The molecule has 0 aliphatic heterocycles. The molecule has 0 saturated heterocycles. The van der Waals surface area contributed by atoms with Crippen molar-refractivity contribution in [1.82, 2.24) is 24.1 Å². The van der Waals surface area contributed by atoms with Crippen molar-refractivity contribution in [3.8, 4) is 67.8 Å². The fourth-order valence-corrected chi connectivity index (χ4v) is 10.4. The van der Waals surface area contributed by atoms with Gasteiger partial charge in [-0.2, -0.15) is 9.97 Å². The van der Waals surface area contributed by atoms with Crippen molar-refractivity contribution in [2.24, 2.45) is 0 Å². The molecule has 10 aromatic carbocycles. The topological polar surface area (TPSA) is 61.7 Å². The lowest BCUT2D eigenvalue weighted by Gasteiger charge is -2.14. The van der Waals surface area contributed by atoms with Crippen LogP contribution in [0.25, 0.3) is 133 Å². The van der Waals surface area contributed by atoms with Crippen LogP contribution in [0.1, 0.15) is 0 Å². The summed E-state index contributed by atoms with van der Waals surface area (Å²) >= 11 is 0. The summed E-state index contributed by atoms with van der Waals surface area (Å²) in [7, 11) is 0. The number of para-hydroxylation sites is 2. The van der Waals surface area contributed by atoms with Crippen LogP contribution in [0.5, 0.6) is 0 Å². The summed E-state index contributed by atoms with van der Waals surface area (Å²) in [5.41, 5.74) is 15.5. The van der Waals surface area contributed by atoms with Crippen molar-refractivity contribution in [3.05, 3.63) is 237 Å². The standard InChI is InChI=1S/C63H39N5O/c1-4-15-40(16-5-1)42-27-29-45(30-28-42)61-64-62(46-33-36-53-57(39-46)69-56-26-14-23-48(58(53)56)44-19-8-3-9-20-44)66-63(65-61)68-55-25-13-11-22-50(55)52-38-37-51-49-21-10-12-24-54(49)67(59(51)60(52)68)47-34-31-43(32-35-47)41-17-6-2-7-18-41/h1-39H. The van der Waals surface area contributed by atoms with Crippen LogP contribution in [-0.2, 0) is 0 Å². The van der Waals surface area contributed by atoms with Crippen molar-refractivity contribution >= 4 is 65.6 Å². The van der Waals surface area contributed by atoms with E-state index in [1.54, 1.807) is 0 Å². The Labute approximate surface area is 396 Å². The normalized spacial score (nSPS) is 11.8. The third-order valence-electron chi connectivity index (χ3n) is 13.6. The highest BCUT2D eigenvalue weighted by Crippen LogP contribution is 2.43. The van der Waals surface area contributed by atoms with Gasteiger partial charge in [0.1, 0.15) is 11.2 Å². The third kappa shape index (κ3) is 6.30. The number of aromatic nitrogens is 5. The molecule has 0 aliphatic carbocycles. The summed E-state index contributed by atoms with van der Waals surface area (Å²) in [6.07, 6.45) is 0. The molecule has 322 valence electrons. The zero-order chi connectivity index (χ0) is 45.4. The number of hydrogen-bond donors (Lipinski definition) is 0. The molecule has 4 aromatic heterocycles. The Bertz CT molecular complexity index is 4270. The molecule has 0 radical (unpaired) electrons. The van der Waals surface area contributed by atoms with Crippen molar-refractivity contribution in [2.75, 3.05) is 0 Å². The summed E-state index contributed by atoms with van der Waals surface area (Å²) in [6, 6.07) is 83.3. The van der Waals surface area contributed by atoms with Crippen LogP contribution in [0.3, 0.4) is 0 Å². The van der Waals surface area contributed by atoms with E-state index in [0.717, 1.165) is 99.2 Å². The molecule has 6 nitrogen and oxygen atoms in total. The molecule has 14 aromatic rings. The smallest absolute Gasteiger partial charge is 0.238 e. The second-order valence-corrected chi connectivity index (χ2v) is 17.6. The number of hydrogen-bond acceptors (Lipinski definition) is 4. The quantitative estimate of drug-likeness (QED) is 0.160. The predicted molar refractivity (Wildman–Crippen MR) is 283 cm³/mol. The van der Waals surface area contributed by atoms with Gasteiger partial charge in [0, 0.05) is 49.1 Å². The van der Waals surface area contributed by atoms with E-state index in [-0.39, 0.29) is 0 Å². The zero-order valence-corrected chi connectivity index (χ0v) is 37.2. The largest absolute Gasteiger partial charge is 0.456 e. The summed E-state index contributed by atoms with van der Waals surface area (Å²) < 4.78 is 11.3. The van der Waals surface area contributed by atoms with Crippen molar-refractivity contribution in [1.29, 1.82) is 0 Å². The van der Waals surface area contributed by atoms with Crippen LogP contribution >= 0.6 is 0 Å². The van der Waals surface area contributed by atoms with Crippen LogP contribution in [0, 0.1) is 0 Å². The molecule has 0 aliphatic rings. The van der Waals surface area contributed by atoms with E-state index in [9.17, 15) is 0 Å². The molecule has 0 spiro atoms. The first-order valence-corrected chi connectivity index (χ1v) is 23.3. The van der Waals surface area contributed by atoms with Crippen LogP contribution in [0.4, 0.5) is 0 Å². The second kappa shape index (κ2) is 15.6. The lowest BCUT2D eigenvalue weighted by atomic mass is 9.99. The van der Waals surface area contributed by atoms with Gasteiger partial charge >= 0.3 is 0 Å². The van der Waals surface area contributed by atoms with Crippen molar-refractivity contribution < 1.29 is 4.42 Å². The first-order chi connectivity index (χ1) is 34.2. The second-order valence-electron chi connectivity index (χ2n) is 17.6. The lowest BCUT2D eigenvalue weighted by Crippen LogP contribution is -2.07. The maximum atomic E-state index is 6.65.